The van der Waals surface area contributed by atoms with E-state index in [1.165, 1.54) is 0 Å². The van der Waals surface area contributed by atoms with Gasteiger partial charge in [-0.25, -0.2) is 0 Å². The van der Waals surface area contributed by atoms with Crippen LogP contribution >= 0.6 is 0 Å². The fourth-order valence-corrected chi connectivity index (χ4v) is 1.18. The quantitative estimate of drug-likeness (QED) is 0.494. The molecule has 0 bridgehead atoms. The van der Waals surface area contributed by atoms with Crippen molar-refractivity contribution in [3.8, 4) is 12.3 Å². The van der Waals surface area contributed by atoms with E-state index < -0.39 is 0 Å². The van der Waals surface area contributed by atoms with Gasteiger partial charge < -0.3 is 9.47 Å². The van der Waals surface area contributed by atoms with Gasteiger partial charge in [-0.2, -0.15) is 0 Å². The molecule has 0 radical (unpaired) electrons. The van der Waals surface area contributed by atoms with Gasteiger partial charge in [0.1, 0.15) is 0 Å². The summed E-state index contributed by atoms with van der Waals surface area (Å²) in [5.74, 6) is 2.66. The number of nitrogens with one attached hydrogen (secondary N) is 1. The number of methoxy groups -OCH3 is 2. The summed E-state index contributed by atoms with van der Waals surface area (Å²) in [4.78, 5) is 0. The summed E-state index contributed by atoms with van der Waals surface area (Å²) in [6.45, 7) is 4.02. The van der Waals surface area contributed by atoms with Crippen molar-refractivity contribution in [1.82, 2.24) is 5.32 Å². The lowest BCUT2D eigenvalue weighted by molar-refractivity contribution is -0.120. The molecule has 0 amide bonds. The van der Waals surface area contributed by atoms with Crippen LogP contribution < -0.4 is 5.32 Å². The summed E-state index contributed by atoms with van der Waals surface area (Å²) >= 11 is 0. The highest BCUT2D eigenvalue weighted by Gasteiger charge is 2.17. The van der Waals surface area contributed by atoms with Gasteiger partial charge in [0.05, 0.1) is 12.1 Å². The molecule has 3 heteroatoms. The van der Waals surface area contributed by atoms with E-state index in [1.54, 1.807) is 14.2 Å². The second kappa shape index (κ2) is 6.90. The van der Waals surface area contributed by atoms with Crippen molar-refractivity contribution in [2.24, 2.45) is 0 Å². The lowest BCUT2D eigenvalue weighted by atomic mass is 10.2. The fourth-order valence-electron chi connectivity index (χ4n) is 1.18. The molecule has 0 spiro atoms. The van der Waals surface area contributed by atoms with Crippen LogP contribution in [0, 0.1) is 12.3 Å². The summed E-state index contributed by atoms with van der Waals surface area (Å²) in [5.41, 5.74) is 0. The standard InChI is InChI=1S/C10H19NO2/c1-6-9(7-2)11-8(3)10(12-4)13-5/h1,8-11H,7H2,2-5H3. The van der Waals surface area contributed by atoms with Crippen LogP contribution in [-0.2, 0) is 9.47 Å². The second-order valence-corrected chi connectivity index (χ2v) is 2.92. The number of hydrogen-bond acceptors (Lipinski definition) is 3. The summed E-state index contributed by atoms with van der Waals surface area (Å²) in [6, 6.07) is 0.179. The van der Waals surface area contributed by atoms with Crippen molar-refractivity contribution in [2.45, 2.75) is 38.6 Å². The van der Waals surface area contributed by atoms with Gasteiger partial charge in [0, 0.05) is 14.2 Å². The van der Waals surface area contributed by atoms with Crippen LogP contribution in [-0.4, -0.2) is 32.6 Å². The number of ether oxygens (including phenoxy) is 2. The van der Waals surface area contributed by atoms with Crippen LogP contribution in [0.5, 0.6) is 0 Å². The van der Waals surface area contributed by atoms with Gasteiger partial charge in [0.2, 0.25) is 0 Å². The molecule has 0 aliphatic heterocycles. The molecule has 0 saturated carbocycles. The maximum Gasteiger partial charge on any atom is 0.171 e. The van der Waals surface area contributed by atoms with Gasteiger partial charge in [-0.1, -0.05) is 12.8 Å². The van der Waals surface area contributed by atoms with Crippen molar-refractivity contribution in [3.63, 3.8) is 0 Å². The molecule has 0 aromatic heterocycles. The Morgan fingerprint density at radius 2 is 1.92 bits per heavy atom. The van der Waals surface area contributed by atoms with Gasteiger partial charge in [0.15, 0.2) is 6.29 Å². The molecule has 2 atom stereocenters. The van der Waals surface area contributed by atoms with E-state index in [0.717, 1.165) is 6.42 Å². The molecule has 0 saturated heterocycles. The molecule has 3 nitrogen and oxygen atoms in total. The molecule has 13 heavy (non-hydrogen) atoms. The molecule has 0 rings (SSSR count). The van der Waals surface area contributed by atoms with E-state index in [4.69, 9.17) is 15.9 Å². The highest BCUT2D eigenvalue weighted by atomic mass is 16.7. The largest absolute Gasteiger partial charge is 0.354 e. The normalized spacial score (nSPS) is 15.4. The molecular formula is C10H19NO2. The molecule has 0 aromatic rings. The number of hydrogen-bond donors (Lipinski definition) is 1. The highest BCUT2D eigenvalue weighted by molar-refractivity contribution is 4.98. The monoisotopic (exact) mass is 185 g/mol. The summed E-state index contributed by atoms with van der Waals surface area (Å²) < 4.78 is 10.2. The van der Waals surface area contributed by atoms with Gasteiger partial charge >= 0.3 is 0 Å². The van der Waals surface area contributed by atoms with Gasteiger partial charge in [-0.3, -0.25) is 5.32 Å². The third-order valence-corrected chi connectivity index (χ3v) is 1.95. The average Bonchev–Trinajstić information content (AvgIpc) is 2.16. The predicted molar refractivity (Wildman–Crippen MR) is 53.3 cm³/mol. The van der Waals surface area contributed by atoms with Crippen LogP contribution in [0.25, 0.3) is 0 Å². The van der Waals surface area contributed by atoms with Crippen LogP contribution in [0.1, 0.15) is 20.3 Å². The number of terminal acetylenes is 1. The van der Waals surface area contributed by atoms with Crippen molar-refractivity contribution >= 4 is 0 Å². The summed E-state index contributed by atoms with van der Waals surface area (Å²) in [5, 5.41) is 3.23. The van der Waals surface area contributed by atoms with Gasteiger partial charge in [-0.05, 0) is 13.3 Å². The Kier molecular flexibility index (Phi) is 6.61. The zero-order valence-corrected chi connectivity index (χ0v) is 8.83. The predicted octanol–water partition coefficient (Wildman–Crippen LogP) is 0.995. The van der Waals surface area contributed by atoms with Crippen molar-refractivity contribution in [2.75, 3.05) is 14.2 Å². The average molecular weight is 185 g/mol. The van der Waals surface area contributed by atoms with Gasteiger partial charge in [0.25, 0.3) is 0 Å². The lowest BCUT2D eigenvalue weighted by Crippen LogP contribution is -2.44. The first-order valence-electron chi connectivity index (χ1n) is 4.47. The zero-order chi connectivity index (χ0) is 10.3. The molecule has 0 aliphatic rings. The molecule has 76 valence electrons. The molecule has 2 unspecified atom stereocenters. The first-order valence-corrected chi connectivity index (χ1v) is 4.47. The summed E-state index contributed by atoms with van der Waals surface area (Å²) in [7, 11) is 3.23. The minimum Gasteiger partial charge on any atom is -0.354 e. The van der Waals surface area contributed by atoms with Crippen LogP contribution in [0.15, 0.2) is 0 Å². The van der Waals surface area contributed by atoms with Crippen molar-refractivity contribution in [3.05, 3.63) is 0 Å². The maximum atomic E-state index is 5.32. The molecule has 0 aliphatic carbocycles. The molecule has 0 heterocycles. The van der Waals surface area contributed by atoms with E-state index in [0.29, 0.717) is 0 Å². The third-order valence-electron chi connectivity index (χ3n) is 1.95. The second-order valence-electron chi connectivity index (χ2n) is 2.92. The van der Waals surface area contributed by atoms with E-state index in [1.807, 2.05) is 13.8 Å². The minimum absolute atomic E-state index is 0.0859. The molecule has 1 N–H and O–H groups in total. The van der Waals surface area contributed by atoms with Crippen LogP contribution in [0.4, 0.5) is 0 Å². The minimum atomic E-state index is -0.248. The Hall–Kier alpha value is -0.560. The highest BCUT2D eigenvalue weighted by Crippen LogP contribution is 2.01. The van der Waals surface area contributed by atoms with E-state index in [-0.39, 0.29) is 18.4 Å². The van der Waals surface area contributed by atoms with Crippen LogP contribution in [0.2, 0.25) is 0 Å². The van der Waals surface area contributed by atoms with Crippen molar-refractivity contribution in [1.29, 1.82) is 0 Å². The molecule has 0 aromatic carbocycles. The Morgan fingerprint density at radius 3 is 2.23 bits per heavy atom. The van der Waals surface area contributed by atoms with E-state index >= 15 is 0 Å². The summed E-state index contributed by atoms with van der Waals surface area (Å²) in [6.07, 6.45) is 5.98. The third kappa shape index (κ3) is 4.28. The first-order chi connectivity index (χ1) is 6.19. The first kappa shape index (κ1) is 12.4. The lowest BCUT2D eigenvalue weighted by Gasteiger charge is -2.24. The number of rotatable bonds is 6. The smallest absolute Gasteiger partial charge is 0.171 e. The molecule has 0 fully saturated rings. The van der Waals surface area contributed by atoms with E-state index in [9.17, 15) is 0 Å². The van der Waals surface area contributed by atoms with Crippen molar-refractivity contribution < 1.29 is 9.47 Å². The van der Waals surface area contributed by atoms with E-state index in [2.05, 4.69) is 11.2 Å². The zero-order valence-electron chi connectivity index (χ0n) is 8.83. The topological polar surface area (TPSA) is 30.5 Å². The maximum absolute atomic E-state index is 5.32. The fraction of sp³-hybridized carbons (Fsp3) is 0.800. The Labute approximate surface area is 80.8 Å². The van der Waals surface area contributed by atoms with Crippen LogP contribution in [0.3, 0.4) is 0 Å². The Morgan fingerprint density at radius 1 is 1.38 bits per heavy atom. The van der Waals surface area contributed by atoms with Gasteiger partial charge in [-0.15, -0.1) is 6.42 Å². The Balaban J connectivity index is 3.96. The Bertz CT molecular complexity index is 161. The SMILES string of the molecule is C#CC(CC)NC(C)C(OC)OC. The molecular weight excluding hydrogens is 166 g/mol.